The predicted molar refractivity (Wildman–Crippen MR) is 102 cm³/mol. The number of hydrogen-bond donors (Lipinski definition) is 1. The maximum absolute atomic E-state index is 10.7. The van der Waals surface area contributed by atoms with E-state index in [1.807, 2.05) is 6.92 Å². The van der Waals surface area contributed by atoms with E-state index in [0.29, 0.717) is 0 Å². The molecule has 0 atom stereocenters. The van der Waals surface area contributed by atoms with Crippen molar-refractivity contribution in [1.29, 1.82) is 0 Å². The SMILES string of the molecule is Cc1nc(N2CCOCC2)cc(N2CCN(CC3(O)CCCC3)CC2)n1. The number of β-amino-alcohol motifs (C(OH)–C–C–N with tert-alkyl or cyclic N) is 1. The molecule has 3 heterocycles. The van der Waals surface area contributed by atoms with Gasteiger partial charge in [0, 0.05) is 51.9 Å². The van der Waals surface area contributed by atoms with E-state index < -0.39 is 5.60 Å². The predicted octanol–water partition coefficient (Wildman–Crippen LogP) is 1.05. The summed E-state index contributed by atoms with van der Waals surface area (Å²) >= 11 is 0. The molecule has 7 nitrogen and oxygen atoms in total. The lowest BCUT2D eigenvalue weighted by Gasteiger charge is -2.39. The topological polar surface area (TPSA) is 65.0 Å². The van der Waals surface area contributed by atoms with Crippen molar-refractivity contribution in [2.24, 2.45) is 0 Å². The average Bonchev–Trinajstić information content (AvgIpc) is 3.08. The second-order valence-corrected chi connectivity index (χ2v) is 7.93. The Morgan fingerprint density at radius 3 is 2.15 bits per heavy atom. The van der Waals surface area contributed by atoms with Crippen LogP contribution >= 0.6 is 0 Å². The van der Waals surface area contributed by atoms with E-state index in [9.17, 15) is 5.11 Å². The fourth-order valence-electron chi connectivity index (χ4n) is 4.40. The fourth-order valence-corrected chi connectivity index (χ4v) is 4.40. The third kappa shape index (κ3) is 4.10. The van der Waals surface area contributed by atoms with E-state index in [0.717, 1.165) is 89.3 Å². The van der Waals surface area contributed by atoms with Crippen LogP contribution in [0.3, 0.4) is 0 Å². The molecular weight excluding hydrogens is 330 g/mol. The number of hydrogen-bond acceptors (Lipinski definition) is 7. The zero-order chi connectivity index (χ0) is 18.0. The maximum Gasteiger partial charge on any atom is 0.134 e. The van der Waals surface area contributed by atoms with Crippen molar-refractivity contribution in [1.82, 2.24) is 14.9 Å². The second kappa shape index (κ2) is 7.66. The average molecular weight is 361 g/mol. The number of rotatable bonds is 4. The molecule has 1 N–H and O–H groups in total. The van der Waals surface area contributed by atoms with Crippen molar-refractivity contribution in [3.8, 4) is 0 Å². The van der Waals surface area contributed by atoms with E-state index in [1.165, 1.54) is 12.8 Å². The van der Waals surface area contributed by atoms with Crippen LogP contribution < -0.4 is 9.80 Å². The monoisotopic (exact) mass is 361 g/mol. The number of aliphatic hydroxyl groups is 1. The number of nitrogens with zero attached hydrogens (tertiary/aromatic N) is 5. The Hall–Kier alpha value is -1.44. The van der Waals surface area contributed by atoms with Gasteiger partial charge in [-0.05, 0) is 19.8 Å². The summed E-state index contributed by atoms with van der Waals surface area (Å²) in [5.41, 5.74) is -0.447. The normalized spacial score (nSPS) is 24.2. The quantitative estimate of drug-likeness (QED) is 0.860. The molecule has 0 spiro atoms. The molecule has 26 heavy (non-hydrogen) atoms. The van der Waals surface area contributed by atoms with Crippen LogP contribution in [0.25, 0.3) is 0 Å². The van der Waals surface area contributed by atoms with E-state index in [4.69, 9.17) is 4.74 Å². The van der Waals surface area contributed by atoms with E-state index >= 15 is 0 Å². The van der Waals surface area contributed by atoms with Gasteiger partial charge in [0.2, 0.25) is 0 Å². The van der Waals surface area contributed by atoms with Crippen molar-refractivity contribution in [2.45, 2.75) is 38.2 Å². The summed E-state index contributed by atoms with van der Waals surface area (Å²) < 4.78 is 5.45. The Kier molecular flexibility index (Phi) is 5.29. The Bertz CT molecular complexity index is 606. The first-order chi connectivity index (χ1) is 12.6. The highest BCUT2D eigenvalue weighted by Gasteiger charge is 2.34. The number of morpholine rings is 1. The van der Waals surface area contributed by atoms with Crippen molar-refractivity contribution < 1.29 is 9.84 Å². The van der Waals surface area contributed by atoms with Gasteiger partial charge in [-0.2, -0.15) is 0 Å². The summed E-state index contributed by atoms with van der Waals surface area (Å²) in [5, 5.41) is 10.7. The first-order valence-corrected chi connectivity index (χ1v) is 9.99. The Balaban J connectivity index is 1.38. The standard InChI is InChI=1S/C19H31N5O2/c1-16-20-17(14-18(21-16)24-10-12-26-13-11-24)23-8-6-22(7-9-23)15-19(25)4-2-3-5-19/h14,25H,2-13,15H2,1H3. The molecule has 144 valence electrons. The summed E-state index contributed by atoms with van der Waals surface area (Å²) in [6.45, 7) is 9.98. The zero-order valence-electron chi connectivity index (χ0n) is 15.9. The van der Waals surface area contributed by atoms with Gasteiger partial charge in [-0.3, -0.25) is 4.90 Å². The molecular formula is C19H31N5O2. The lowest BCUT2D eigenvalue weighted by molar-refractivity contribution is 0.00799. The highest BCUT2D eigenvalue weighted by atomic mass is 16.5. The van der Waals surface area contributed by atoms with Crippen LogP contribution in [-0.2, 0) is 4.74 Å². The Morgan fingerprint density at radius 1 is 0.962 bits per heavy atom. The van der Waals surface area contributed by atoms with Crippen LogP contribution in [0.1, 0.15) is 31.5 Å². The van der Waals surface area contributed by atoms with Crippen LogP contribution in [0.15, 0.2) is 6.07 Å². The third-order valence-corrected chi connectivity index (χ3v) is 5.89. The molecule has 2 aliphatic heterocycles. The molecule has 3 fully saturated rings. The molecule has 0 radical (unpaired) electrons. The Labute approximate surface area is 156 Å². The van der Waals surface area contributed by atoms with Gasteiger partial charge >= 0.3 is 0 Å². The lowest BCUT2D eigenvalue weighted by atomic mass is 10.0. The van der Waals surface area contributed by atoms with E-state index in [-0.39, 0.29) is 0 Å². The van der Waals surface area contributed by atoms with Gasteiger partial charge in [0.25, 0.3) is 0 Å². The minimum Gasteiger partial charge on any atom is -0.389 e. The van der Waals surface area contributed by atoms with Crippen LogP contribution in [0, 0.1) is 6.92 Å². The van der Waals surface area contributed by atoms with Crippen LogP contribution in [-0.4, -0.2) is 84.6 Å². The highest BCUT2D eigenvalue weighted by molar-refractivity contribution is 5.51. The molecule has 0 bridgehead atoms. The van der Waals surface area contributed by atoms with Gasteiger partial charge < -0.3 is 19.6 Å². The van der Waals surface area contributed by atoms with E-state index in [1.54, 1.807) is 0 Å². The summed E-state index contributed by atoms with van der Waals surface area (Å²) in [5.74, 6) is 2.86. The van der Waals surface area contributed by atoms with Crippen molar-refractivity contribution in [3.05, 3.63) is 11.9 Å². The largest absolute Gasteiger partial charge is 0.389 e. The van der Waals surface area contributed by atoms with Crippen LogP contribution in [0.4, 0.5) is 11.6 Å². The molecule has 1 aromatic rings. The number of piperazine rings is 1. The van der Waals surface area contributed by atoms with E-state index in [2.05, 4.69) is 30.7 Å². The lowest BCUT2D eigenvalue weighted by Crippen LogP contribution is -2.51. The number of aryl methyl sites for hydroxylation is 1. The summed E-state index contributed by atoms with van der Waals surface area (Å²) in [6.07, 6.45) is 4.25. The van der Waals surface area contributed by atoms with Gasteiger partial charge in [-0.25, -0.2) is 9.97 Å². The molecule has 0 amide bonds. The number of anilines is 2. The second-order valence-electron chi connectivity index (χ2n) is 7.93. The maximum atomic E-state index is 10.7. The molecule has 0 aromatic carbocycles. The van der Waals surface area contributed by atoms with Crippen molar-refractivity contribution in [2.75, 3.05) is 68.8 Å². The van der Waals surface area contributed by atoms with Gasteiger partial charge in [0.1, 0.15) is 17.5 Å². The van der Waals surface area contributed by atoms with Crippen LogP contribution in [0.2, 0.25) is 0 Å². The summed E-state index contributed by atoms with van der Waals surface area (Å²) in [7, 11) is 0. The molecule has 1 saturated carbocycles. The number of aromatic nitrogens is 2. The summed E-state index contributed by atoms with van der Waals surface area (Å²) in [4.78, 5) is 16.4. The molecule has 1 aliphatic carbocycles. The molecule has 3 aliphatic rings. The first kappa shape index (κ1) is 17.9. The van der Waals surface area contributed by atoms with Gasteiger partial charge in [0.05, 0.1) is 18.8 Å². The fraction of sp³-hybridized carbons (Fsp3) is 0.789. The van der Waals surface area contributed by atoms with Crippen LogP contribution in [0.5, 0.6) is 0 Å². The first-order valence-electron chi connectivity index (χ1n) is 9.99. The summed E-state index contributed by atoms with van der Waals surface area (Å²) in [6, 6.07) is 2.12. The van der Waals surface area contributed by atoms with Crippen molar-refractivity contribution in [3.63, 3.8) is 0 Å². The van der Waals surface area contributed by atoms with Gasteiger partial charge in [0.15, 0.2) is 0 Å². The highest BCUT2D eigenvalue weighted by Crippen LogP contribution is 2.30. The zero-order valence-corrected chi connectivity index (χ0v) is 15.9. The van der Waals surface area contributed by atoms with Gasteiger partial charge in [-0.15, -0.1) is 0 Å². The third-order valence-electron chi connectivity index (χ3n) is 5.89. The van der Waals surface area contributed by atoms with Gasteiger partial charge in [-0.1, -0.05) is 12.8 Å². The smallest absolute Gasteiger partial charge is 0.134 e. The molecule has 0 unspecified atom stereocenters. The Morgan fingerprint density at radius 2 is 1.54 bits per heavy atom. The van der Waals surface area contributed by atoms with Crippen molar-refractivity contribution >= 4 is 11.6 Å². The molecule has 2 saturated heterocycles. The minimum atomic E-state index is -0.447. The minimum absolute atomic E-state index is 0.447. The number of ether oxygens (including phenoxy) is 1. The molecule has 4 rings (SSSR count). The molecule has 7 heteroatoms. The molecule has 1 aromatic heterocycles.